The van der Waals surface area contributed by atoms with Gasteiger partial charge in [0.15, 0.2) is 42.7 Å². The average molecular weight is 1470 g/mol. The molecule has 3 aliphatic heterocycles. The molecule has 104 heavy (non-hydrogen) atoms. The summed E-state index contributed by atoms with van der Waals surface area (Å²) in [5, 5.41) is 29.8. The minimum absolute atomic E-state index is 0.123. The molecule has 0 amide bonds. The number of nitrogens with one attached hydrogen (secondary N) is 4. The fraction of sp³-hybridized carbons (Fsp3) is 0.264. The fourth-order valence-electron chi connectivity index (χ4n) is 14.7. The number of benzene rings is 9. The highest BCUT2D eigenvalue weighted by molar-refractivity contribution is 9.11. The highest BCUT2D eigenvalue weighted by Gasteiger charge is 2.47. The Labute approximate surface area is 620 Å². The van der Waals surface area contributed by atoms with Crippen LogP contribution in [0.1, 0.15) is 120 Å². The summed E-state index contributed by atoms with van der Waals surface area (Å²) >= 11 is 3.35. The third-order valence-electron chi connectivity index (χ3n) is 19.8. The molecule has 6 heterocycles. The first-order chi connectivity index (χ1) is 50.8. The Kier molecular flexibility index (Phi) is 24.9. The minimum Gasteiger partial charge on any atom is -0.493 e. The Morgan fingerprint density at radius 1 is 0.471 bits per heavy atom. The molecule has 15 rings (SSSR count). The summed E-state index contributed by atoms with van der Waals surface area (Å²) in [6, 6.07) is 62.6. The summed E-state index contributed by atoms with van der Waals surface area (Å²) < 4.78 is 37.3. The smallest absolute Gasteiger partial charge is 0.193 e. The SMILES string of the molecule is CC(C)[Si](C(C)C)(C(C)C)n1ncc2cc(/C=C/Br)ccc21.COc1cc2c(cc1OCc1ccccc1)CCN=C2.COc1cc2c(cc1OCc1ccccc1)CCNC2/C=C/c1ccc2[nH]ncc2c1.COc1cc2c(cc1OCc1ccccc1)CCNC2/C=C/c1ccc2cn[nH]c2c1. The van der Waals surface area contributed by atoms with Crippen LogP contribution in [0.4, 0.5) is 0 Å². The van der Waals surface area contributed by atoms with E-state index >= 15 is 0 Å². The van der Waals surface area contributed by atoms with E-state index in [0.29, 0.717) is 36.4 Å². The van der Waals surface area contributed by atoms with Gasteiger partial charge in [0.2, 0.25) is 0 Å². The second kappa shape index (κ2) is 35.3. The van der Waals surface area contributed by atoms with Gasteiger partial charge < -0.3 is 39.1 Å². The topological polar surface area (TPSA) is 167 Å². The molecule has 0 fully saturated rings. The molecule has 0 radical (unpaired) electrons. The van der Waals surface area contributed by atoms with Gasteiger partial charge in [-0.25, -0.2) is 0 Å². The number of methoxy groups -OCH3 is 3. The Bertz CT molecular complexity index is 4720. The molecular weight excluding hydrogens is 1380 g/mol. The van der Waals surface area contributed by atoms with Gasteiger partial charge in [0.05, 0.1) is 68.6 Å². The average Bonchev–Trinajstić information content (AvgIpc) is 1.51. The van der Waals surface area contributed by atoms with Crippen molar-refractivity contribution < 1.29 is 28.4 Å². The normalized spacial score (nSPS) is 14.7. The molecule has 4 N–H and O–H groups in total. The Balaban J connectivity index is 0.000000133. The fourth-order valence-corrected chi connectivity index (χ4v) is 21.3. The van der Waals surface area contributed by atoms with Gasteiger partial charge in [-0.3, -0.25) is 19.5 Å². The zero-order chi connectivity index (χ0) is 72.4. The molecule has 0 aliphatic carbocycles. The molecule has 15 nitrogen and oxygen atoms in total. The van der Waals surface area contributed by atoms with E-state index in [2.05, 4.69) is 250 Å². The zero-order valence-electron chi connectivity index (χ0n) is 60.9. The van der Waals surface area contributed by atoms with Crippen LogP contribution in [0.25, 0.3) is 50.9 Å². The number of nitrogens with zero attached hydrogens (tertiary/aromatic N) is 5. The maximum atomic E-state index is 6.11. The van der Waals surface area contributed by atoms with Crippen LogP contribution in [-0.4, -0.2) is 85.3 Å². The second-order valence-electron chi connectivity index (χ2n) is 27.2. The zero-order valence-corrected chi connectivity index (χ0v) is 63.5. The summed E-state index contributed by atoms with van der Waals surface area (Å²) in [5.74, 6) is 4.66. The number of fused-ring (bicyclic) bond motifs is 6. The third-order valence-corrected chi connectivity index (χ3v) is 26.7. The molecule has 2 atom stereocenters. The highest BCUT2D eigenvalue weighted by Crippen LogP contribution is 2.44. The number of aromatic nitrogens is 6. The number of hydrogen-bond donors (Lipinski definition) is 4. The van der Waals surface area contributed by atoms with Crippen LogP contribution in [0.15, 0.2) is 223 Å². The van der Waals surface area contributed by atoms with Crippen molar-refractivity contribution in [3.63, 3.8) is 0 Å². The number of H-pyrrole nitrogens is 2. The number of aromatic amines is 2. The van der Waals surface area contributed by atoms with Gasteiger partial charge in [0.25, 0.3) is 0 Å². The molecule has 0 bridgehead atoms. The predicted molar refractivity (Wildman–Crippen MR) is 431 cm³/mol. The van der Waals surface area contributed by atoms with Crippen LogP contribution in [0.3, 0.4) is 0 Å². The van der Waals surface area contributed by atoms with Crippen LogP contribution >= 0.6 is 15.9 Å². The van der Waals surface area contributed by atoms with Crippen molar-refractivity contribution in [3.8, 4) is 34.5 Å². The van der Waals surface area contributed by atoms with Crippen LogP contribution in [0.2, 0.25) is 16.6 Å². The molecule has 0 saturated heterocycles. The first kappa shape index (κ1) is 73.4. The van der Waals surface area contributed by atoms with E-state index in [1.807, 2.05) is 90.5 Å². The summed E-state index contributed by atoms with van der Waals surface area (Å²) in [7, 11) is 3.28. The molecule has 3 aliphatic rings. The summed E-state index contributed by atoms with van der Waals surface area (Å²) in [6.45, 7) is 18.5. The van der Waals surface area contributed by atoms with Gasteiger partial charge in [0, 0.05) is 42.0 Å². The first-order valence-corrected chi connectivity index (χ1v) is 39.0. The molecule has 3 aromatic heterocycles. The molecule has 0 spiro atoms. The van der Waals surface area contributed by atoms with Crippen LogP contribution in [0, 0.1) is 0 Å². The summed E-state index contributed by atoms with van der Waals surface area (Å²) in [6.07, 6.45) is 21.3. The van der Waals surface area contributed by atoms with Crippen LogP contribution < -0.4 is 39.1 Å². The number of hydrogen-bond acceptors (Lipinski definition) is 12. The lowest BCUT2D eigenvalue weighted by atomic mass is 9.93. The van der Waals surface area contributed by atoms with Gasteiger partial charge >= 0.3 is 0 Å². The van der Waals surface area contributed by atoms with Crippen molar-refractivity contribution >= 4 is 81.3 Å². The largest absolute Gasteiger partial charge is 0.493 e. The molecule has 17 heteroatoms. The highest BCUT2D eigenvalue weighted by atomic mass is 79.9. The van der Waals surface area contributed by atoms with Crippen molar-refractivity contribution in [3.05, 3.63) is 284 Å². The van der Waals surface area contributed by atoms with Crippen LogP contribution in [-0.2, 0) is 39.1 Å². The lowest BCUT2D eigenvalue weighted by Gasteiger charge is -2.43. The van der Waals surface area contributed by atoms with E-state index < -0.39 is 8.24 Å². The molecular formula is C87H94BrN9O6Si. The first-order valence-electron chi connectivity index (χ1n) is 35.9. The number of rotatable bonds is 21. The van der Waals surface area contributed by atoms with E-state index in [1.165, 1.54) is 44.3 Å². The molecule has 12 aromatic rings. The van der Waals surface area contributed by atoms with E-state index in [1.54, 1.807) is 21.3 Å². The summed E-state index contributed by atoms with van der Waals surface area (Å²) in [4.78, 5) is 6.19. The minimum atomic E-state index is -1.77. The molecule has 0 saturated carbocycles. The van der Waals surface area contributed by atoms with E-state index in [4.69, 9.17) is 33.5 Å². The molecule has 2 unspecified atom stereocenters. The number of ether oxygens (including phenoxy) is 6. The monoisotopic (exact) mass is 1470 g/mol. The quantitative estimate of drug-likeness (QED) is 0.0506. The maximum absolute atomic E-state index is 6.11. The Hall–Kier alpha value is -10.3. The van der Waals surface area contributed by atoms with Gasteiger partial charge in [0.1, 0.15) is 19.8 Å². The third kappa shape index (κ3) is 17.7. The van der Waals surface area contributed by atoms with Crippen molar-refractivity contribution in [1.82, 2.24) is 40.5 Å². The standard InChI is InChI=1S/2C26H25N3O2.C18H27BrN2Si.C17H17NO2/c1-30-25-15-22-20(14-26(25)31-17-19-5-3-2-4-6-19)11-12-27-24(22)10-8-18-7-9-23-21(13-18)16-28-29-23;1-30-25-15-22-20(14-26(25)31-17-19-5-3-2-4-6-19)11-12-27-23(22)10-8-18-7-9-21-16-28-29-24(21)13-18;1-13(2)22(14(3)4,15(5)6)21-18-8-7-16(9-10-19)11-17(18)12-20-21;1-19-16-10-15-11-18-8-7-14(15)9-17(16)20-12-13-5-3-2-4-6-13/h2-10,13-16,24,27H,11-12,17H2,1H3,(H,28,29);2-10,13-16,23,27H,11-12,17H2,1H3,(H,28,29);7-15H,1-6H3;2-6,9-11H,7-8,12H2,1H3/b2*10-8+;10-9+;. The van der Waals surface area contributed by atoms with Crippen molar-refractivity contribution in [2.45, 2.75) is 109 Å². The maximum Gasteiger partial charge on any atom is 0.193 e. The van der Waals surface area contributed by atoms with Crippen molar-refractivity contribution in [1.29, 1.82) is 0 Å². The van der Waals surface area contributed by atoms with Crippen molar-refractivity contribution in [2.75, 3.05) is 41.0 Å². The van der Waals surface area contributed by atoms with Gasteiger partial charge in [-0.2, -0.15) is 15.3 Å². The van der Waals surface area contributed by atoms with Crippen LogP contribution in [0.5, 0.6) is 34.5 Å². The van der Waals surface area contributed by atoms with Gasteiger partial charge in [-0.1, -0.05) is 197 Å². The lowest BCUT2D eigenvalue weighted by Crippen LogP contribution is -2.52. The van der Waals surface area contributed by atoms with E-state index in [0.717, 1.165) is 129 Å². The summed E-state index contributed by atoms with van der Waals surface area (Å²) in [5.41, 5.74) is 19.7. The van der Waals surface area contributed by atoms with Gasteiger partial charge in [-0.15, -0.1) is 0 Å². The van der Waals surface area contributed by atoms with E-state index in [-0.39, 0.29) is 12.1 Å². The Morgan fingerprint density at radius 3 is 1.47 bits per heavy atom. The second-order valence-corrected chi connectivity index (χ2v) is 33.4. The van der Waals surface area contributed by atoms with Gasteiger partial charge in [-0.05, 0) is 180 Å². The Morgan fingerprint density at radius 2 is 0.942 bits per heavy atom. The van der Waals surface area contributed by atoms with Crippen molar-refractivity contribution in [2.24, 2.45) is 4.99 Å². The molecule has 534 valence electrons. The number of halogens is 1. The predicted octanol–water partition coefficient (Wildman–Crippen LogP) is 19.8. The molecule has 9 aromatic carbocycles. The van der Waals surface area contributed by atoms with E-state index in [9.17, 15) is 0 Å². The lowest BCUT2D eigenvalue weighted by molar-refractivity contribution is 0.283. The number of aliphatic imine (C=N–C) groups is 1.